The molecule has 2 rings (SSSR count). The van der Waals surface area contributed by atoms with E-state index in [2.05, 4.69) is 39.2 Å². The molecule has 0 amide bonds. The molecule has 2 aromatic carbocycles. The second-order valence-electron chi connectivity index (χ2n) is 6.97. The van der Waals surface area contributed by atoms with Gasteiger partial charge in [-0.2, -0.15) is 10.0 Å². The van der Waals surface area contributed by atoms with E-state index in [4.69, 9.17) is 0 Å². The lowest BCUT2D eigenvalue weighted by atomic mass is 10.2. The minimum absolute atomic E-state index is 0.108. The maximum Gasteiger partial charge on any atom is 0.127 e. The van der Waals surface area contributed by atoms with Crippen LogP contribution in [0.2, 0.25) is 0 Å². The molecule has 0 aliphatic carbocycles. The topological polar surface area (TPSA) is 40.5 Å². The van der Waals surface area contributed by atoms with E-state index >= 15 is 0 Å². The normalized spacial score (nSPS) is 13.2. The molecule has 0 aliphatic rings. The largest absolute Gasteiger partial charge is 0.507 e. The van der Waals surface area contributed by atoms with Gasteiger partial charge < -0.3 is 10.2 Å². The summed E-state index contributed by atoms with van der Waals surface area (Å²) >= 11 is 0. The van der Waals surface area contributed by atoms with Gasteiger partial charge in [0.05, 0.1) is 0 Å². The highest BCUT2D eigenvalue weighted by Gasteiger charge is 2.39. The van der Waals surface area contributed by atoms with Gasteiger partial charge in [0, 0.05) is 9.79 Å². The molecule has 0 bridgehead atoms. The second-order valence-corrected chi connectivity index (χ2v) is 10.9. The van der Waals surface area contributed by atoms with Crippen molar-refractivity contribution in [1.29, 1.82) is 0 Å². The van der Waals surface area contributed by atoms with Crippen LogP contribution in [-0.4, -0.2) is 21.2 Å². The number of hydrogen-bond donors (Lipinski definition) is 2. The van der Waals surface area contributed by atoms with Crippen molar-refractivity contribution in [3.05, 3.63) is 47.5 Å². The number of phenolic OH excluding ortho intramolecular Hbond substituents is 2. The molecular formula is C19H26O2S. The Labute approximate surface area is 135 Å². The summed E-state index contributed by atoms with van der Waals surface area (Å²) < 4.78 is -0.108. The maximum atomic E-state index is 10.5. The fourth-order valence-corrected chi connectivity index (χ4v) is 6.05. The van der Waals surface area contributed by atoms with E-state index in [-0.39, 0.29) is 4.75 Å². The Morgan fingerprint density at radius 1 is 0.773 bits per heavy atom. The molecule has 2 N–H and O–H groups in total. The Hall–Kier alpha value is -1.61. The summed E-state index contributed by atoms with van der Waals surface area (Å²) in [6.45, 7) is 10.6. The quantitative estimate of drug-likeness (QED) is 0.782. The van der Waals surface area contributed by atoms with E-state index in [1.54, 1.807) is 12.1 Å². The summed E-state index contributed by atoms with van der Waals surface area (Å²) in [4.78, 5) is 1.86. The Morgan fingerprint density at radius 3 is 1.45 bits per heavy atom. The van der Waals surface area contributed by atoms with Gasteiger partial charge in [-0.05, 0) is 60.2 Å². The van der Waals surface area contributed by atoms with Crippen molar-refractivity contribution in [2.24, 2.45) is 0 Å². The molecule has 0 aliphatic heterocycles. The molecule has 22 heavy (non-hydrogen) atoms. The number of rotatable bonds is 2. The summed E-state index contributed by atoms with van der Waals surface area (Å²) in [5, 5.41) is 21.0. The summed E-state index contributed by atoms with van der Waals surface area (Å²) in [6.07, 6.45) is 2.18. The zero-order chi connectivity index (χ0) is 16.7. The number of aromatic hydroxyl groups is 2. The first-order valence-corrected chi connectivity index (χ1v) is 9.49. The molecule has 2 aromatic rings. The number of benzene rings is 2. The van der Waals surface area contributed by atoms with Crippen molar-refractivity contribution in [2.45, 2.75) is 49.2 Å². The molecule has 0 unspecified atom stereocenters. The average molecular weight is 318 g/mol. The Balaban J connectivity index is 2.85. The van der Waals surface area contributed by atoms with Crippen molar-refractivity contribution in [2.75, 3.05) is 6.26 Å². The van der Waals surface area contributed by atoms with Crippen molar-refractivity contribution in [3.8, 4) is 11.5 Å². The van der Waals surface area contributed by atoms with Crippen LogP contribution in [0.15, 0.2) is 46.2 Å². The van der Waals surface area contributed by atoms with Crippen LogP contribution in [0.3, 0.4) is 0 Å². The minimum Gasteiger partial charge on any atom is -0.507 e. The van der Waals surface area contributed by atoms with E-state index in [0.29, 0.717) is 11.5 Å². The first-order valence-electron chi connectivity index (χ1n) is 7.44. The molecule has 0 saturated carbocycles. The molecule has 0 aromatic heterocycles. The highest BCUT2D eigenvalue weighted by molar-refractivity contribution is 8.34. The predicted molar refractivity (Wildman–Crippen MR) is 95.5 cm³/mol. The third-order valence-corrected chi connectivity index (χ3v) is 9.20. The third-order valence-electron chi connectivity index (χ3n) is 4.34. The SMILES string of the molecule is Cc1ccc(O)c(S(C)(c2cc(C)ccc2O)C(C)(C)C)c1. The summed E-state index contributed by atoms with van der Waals surface area (Å²) in [5.41, 5.74) is 2.23. The summed E-state index contributed by atoms with van der Waals surface area (Å²) in [6, 6.07) is 11.5. The van der Waals surface area contributed by atoms with Gasteiger partial charge in [0.1, 0.15) is 11.5 Å². The molecule has 0 radical (unpaired) electrons. The second kappa shape index (κ2) is 5.54. The highest BCUT2D eigenvalue weighted by atomic mass is 32.3. The van der Waals surface area contributed by atoms with Crippen LogP contribution < -0.4 is 0 Å². The van der Waals surface area contributed by atoms with Gasteiger partial charge in [-0.25, -0.2) is 0 Å². The smallest absolute Gasteiger partial charge is 0.127 e. The number of hydrogen-bond acceptors (Lipinski definition) is 2. The van der Waals surface area contributed by atoms with E-state index in [1.165, 1.54) is 0 Å². The van der Waals surface area contributed by atoms with Crippen LogP contribution in [0.5, 0.6) is 11.5 Å². The monoisotopic (exact) mass is 318 g/mol. The van der Waals surface area contributed by atoms with Gasteiger partial charge in [0.25, 0.3) is 0 Å². The molecule has 3 heteroatoms. The van der Waals surface area contributed by atoms with E-state index in [1.807, 2.05) is 26.0 Å². The molecule has 0 spiro atoms. The lowest BCUT2D eigenvalue weighted by molar-refractivity contribution is 0.457. The molecule has 0 heterocycles. The average Bonchev–Trinajstić information content (AvgIpc) is 2.42. The van der Waals surface area contributed by atoms with Gasteiger partial charge in [-0.1, -0.05) is 32.9 Å². The first kappa shape index (κ1) is 16.8. The number of aryl methyl sites for hydroxylation is 2. The van der Waals surface area contributed by atoms with Gasteiger partial charge in [0.2, 0.25) is 0 Å². The molecule has 0 atom stereocenters. The van der Waals surface area contributed by atoms with E-state index in [0.717, 1.165) is 20.9 Å². The van der Waals surface area contributed by atoms with Crippen molar-refractivity contribution in [3.63, 3.8) is 0 Å². The Morgan fingerprint density at radius 2 is 1.14 bits per heavy atom. The Bertz CT molecular complexity index is 648. The lowest BCUT2D eigenvalue weighted by Crippen LogP contribution is -2.25. The van der Waals surface area contributed by atoms with Gasteiger partial charge in [-0.3, -0.25) is 0 Å². The molecule has 2 nitrogen and oxygen atoms in total. The summed E-state index contributed by atoms with van der Waals surface area (Å²) in [5.74, 6) is 0.609. The van der Waals surface area contributed by atoms with Crippen molar-refractivity contribution >= 4 is 10.0 Å². The standard InChI is InChI=1S/C19H26O2S/c1-13-7-9-15(20)17(11-13)22(6,19(3,4)5)18-12-14(2)8-10-16(18)21/h7-12,20-21H,1-6H3. The fourth-order valence-electron chi connectivity index (χ4n) is 2.67. The minimum atomic E-state index is -1.62. The van der Waals surface area contributed by atoms with Crippen LogP contribution >= 0.6 is 10.0 Å². The maximum absolute atomic E-state index is 10.5. The molecule has 120 valence electrons. The molecule has 0 saturated heterocycles. The predicted octanol–water partition coefficient (Wildman–Crippen LogP) is 5.37. The van der Waals surface area contributed by atoms with Crippen LogP contribution in [0, 0.1) is 13.8 Å². The lowest BCUT2D eigenvalue weighted by Gasteiger charge is -2.49. The van der Waals surface area contributed by atoms with Gasteiger partial charge in [-0.15, -0.1) is 0 Å². The third kappa shape index (κ3) is 2.70. The first-order chi connectivity index (χ1) is 10.1. The highest BCUT2D eigenvalue weighted by Crippen LogP contribution is 2.71. The fraction of sp³-hybridized carbons (Fsp3) is 0.368. The van der Waals surface area contributed by atoms with Crippen molar-refractivity contribution in [1.82, 2.24) is 0 Å². The van der Waals surface area contributed by atoms with Crippen LogP contribution in [0.1, 0.15) is 31.9 Å². The zero-order valence-electron chi connectivity index (χ0n) is 14.3. The zero-order valence-corrected chi connectivity index (χ0v) is 15.1. The molecular weight excluding hydrogens is 292 g/mol. The van der Waals surface area contributed by atoms with Gasteiger partial charge >= 0.3 is 0 Å². The van der Waals surface area contributed by atoms with Crippen molar-refractivity contribution < 1.29 is 10.2 Å². The van der Waals surface area contributed by atoms with Crippen LogP contribution in [-0.2, 0) is 0 Å². The van der Waals surface area contributed by atoms with Crippen LogP contribution in [0.25, 0.3) is 0 Å². The Kier molecular flexibility index (Phi) is 4.22. The van der Waals surface area contributed by atoms with E-state index < -0.39 is 10.0 Å². The van der Waals surface area contributed by atoms with Gasteiger partial charge in [0.15, 0.2) is 0 Å². The van der Waals surface area contributed by atoms with Crippen LogP contribution in [0.4, 0.5) is 0 Å². The molecule has 0 fully saturated rings. The number of phenols is 2. The summed E-state index contributed by atoms with van der Waals surface area (Å²) in [7, 11) is -1.62. The van der Waals surface area contributed by atoms with E-state index in [9.17, 15) is 10.2 Å².